The lowest BCUT2D eigenvalue weighted by molar-refractivity contribution is 0.0376. The highest BCUT2D eigenvalue weighted by molar-refractivity contribution is 14.0. The Morgan fingerprint density at radius 1 is 1.32 bits per heavy atom. The van der Waals surface area contributed by atoms with Gasteiger partial charge < -0.3 is 20.7 Å². The van der Waals surface area contributed by atoms with Gasteiger partial charge in [0, 0.05) is 39.4 Å². The number of nitrogens with zero attached hydrogens (tertiary/aromatic N) is 3. The Morgan fingerprint density at radius 3 is 2.68 bits per heavy atom. The Bertz CT molecular complexity index is 544. The average molecular weight is 461 g/mol. The summed E-state index contributed by atoms with van der Waals surface area (Å²) in [5.41, 5.74) is 9.62. The van der Waals surface area contributed by atoms with Gasteiger partial charge >= 0.3 is 0 Å². The van der Waals surface area contributed by atoms with Gasteiger partial charge in [-0.2, -0.15) is 0 Å². The molecule has 0 spiro atoms. The first kappa shape index (κ1) is 22.0. The van der Waals surface area contributed by atoms with Crippen LogP contribution in [-0.4, -0.2) is 64.3 Å². The highest BCUT2D eigenvalue weighted by Crippen LogP contribution is 2.17. The van der Waals surface area contributed by atoms with Crippen molar-refractivity contribution in [3.63, 3.8) is 0 Å². The number of morpholine rings is 1. The number of hydrogen-bond donors (Lipinski definition) is 2. The topological polar surface area (TPSA) is 66.1 Å². The van der Waals surface area contributed by atoms with E-state index >= 15 is 0 Å². The molecule has 1 aromatic rings. The van der Waals surface area contributed by atoms with Gasteiger partial charge in [0.15, 0.2) is 5.96 Å². The molecule has 0 amide bonds. The standard InChI is InChI=1S/C18H31N5O.HI/c1-15-13-17(22(2)3)6-5-16(15)14-21-18(19)20-7-4-8-23-9-11-24-12-10-23;/h5-6,13H,4,7-12,14H2,1-3H3,(H3,19,20,21);1H. The fraction of sp³-hybridized carbons (Fsp3) is 0.611. The minimum absolute atomic E-state index is 0. The number of benzene rings is 1. The van der Waals surface area contributed by atoms with Gasteiger partial charge in [-0.3, -0.25) is 4.90 Å². The smallest absolute Gasteiger partial charge is 0.188 e. The van der Waals surface area contributed by atoms with E-state index in [-0.39, 0.29) is 24.0 Å². The van der Waals surface area contributed by atoms with Crippen molar-refractivity contribution in [1.29, 1.82) is 0 Å². The number of aryl methyl sites for hydroxylation is 1. The van der Waals surface area contributed by atoms with Crippen molar-refractivity contribution in [2.45, 2.75) is 19.9 Å². The molecule has 0 unspecified atom stereocenters. The molecule has 1 fully saturated rings. The first-order valence-corrected chi connectivity index (χ1v) is 8.67. The molecule has 7 heteroatoms. The van der Waals surface area contributed by atoms with Crippen LogP contribution in [0, 0.1) is 6.92 Å². The van der Waals surface area contributed by atoms with Gasteiger partial charge in [0.05, 0.1) is 19.8 Å². The molecule has 0 bridgehead atoms. The summed E-state index contributed by atoms with van der Waals surface area (Å²) in [5, 5.41) is 3.20. The maximum absolute atomic E-state index is 5.97. The van der Waals surface area contributed by atoms with Crippen molar-refractivity contribution >= 4 is 35.6 Å². The molecular formula is C18H32IN5O. The zero-order valence-corrected chi connectivity index (χ0v) is 18.0. The molecular weight excluding hydrogens is 429 g/mol. The molecule has 0 aliphatic carbocycles. The summed E-state index contributed by atoms with van der Waals surface area (Å²) in [6, 6.07) is 6.42. The fourth-order valence-corrected chi connectivity index (χ4v) is 2.71. The zero-order valence-electron chi connectivity index (χ0n) is 15.6. The Morgan fingerprint density at radius 2 is 2.04 bits per heavy atom. The first-order chi connectivity index (χ1) is 11.6. The average Bonchev–Trinajstić information content (AvgIpc) is 2.58. The molecule has 1 aliphatic rings. The van der Waals surface area contributed by atoms with E-state index < -0.39 is 0 Å². The summed E-state index contributed by atoms with van der Waals surface area (Å²) in [7, 11) is 4.09. The molecule has 142 valence electrons. The van der Waals surface area contributed by atoms with Gasteiger partial charge in [-0.15, -0.1) is 24.0 Å². The second kappa shape index (κ2) is 11.5. The molecule has 3 N–H and O–H groups in total. The molecule has 1 aliphatic heterocycles. The highest BCUT2D eigenvalue weighted by atomic mass is 127. The number of halogens is 1. The number of nitrogens with two attached hydrogens (primary N) is 1. The number of rotatable bonds is 7. The summed E-state index contributed by atoms with van der Waals surface area (Å²) in [6.45, 7) is 8.43. The maximum atomic E-state index is 5.97. The predicted octanol–water partition coefficient (Wildman–Crippen LogP) is 1.81. The molecule has 1 aromatic carbocycles. The van der Waals surface area contributed by atoms with Crippen LogP contribution in [0.5, 0.6) is 0 Å². The van der Waals surface area contributed by atoms with E-state index in [0.717, 1.165) is 45.8 Å². The van der Waals surface area contributed by atoms with Crippen LogP contribution in [0.3, 0.4) is 0 Å². The van der Waals surface area contributed by atoms with E-state index in [0.29, 0.717) is 12.5 Å². The lowest BCUT2D eigenvalue weighted by atomic mass is 10.1. The van der Waals surface area contributed by atoms with E-state index in [2.05, 4.69) is 45.2 Å². The largest absolute Gasteiger partial charge is 0.379 e. The number of ether oxygens (including phenoxy) is 1. The van der Waals surface area contributed by atoms with Crippen LogP contribution in [0.15, 0.2) is 23.2 Å². The van der Waals surface area contributed by atoms with Crippen LogP contribution in [-0.2, 0) is 11.3 Å². The van der Waals surface area contributed by atoms with Crippen LogP contribution in [0.1, 0.15) is 17.5 Å². The Kier molecular flexibility index (Phi) is 10.1. The van der Waals surface area contributed by atoms with Crippen molar-refractivity contribution < 1.29 is 4.74 Å². The fourth-order valence-electron chi connectivity index (χ4n) is 2.71. The Balaban J connectivity index is 0.00000312. The Labute approximate surface area is 168 Å². The van der Waals surface area contributed by atoms with Gasteiger partial charge in [0.1, 0.15) is 0 Å². The molecule has 1 saturated heterocycles. The van der Waals surface area contributed by atoms with Crippen LogP contribution in [0.4, 0.5) is 5.69 Å². The van der Waals surface area contributed by atoms with Crippen molar-refractivity contribution in [3.8, 4) is 0 Å². The number of anilines is 1. The van der Waals surface area contributed by atoms with Crippen LogP contribution >= 0.6 is 24.0 Å². The molecule has 6 nitrogen and oxygen atoms in total. The number of guanidine groups is 1. The number of hydrogen-bond acceptors (Lipinski definition) is 4. The molecule has 0 aromatic heterocycles. The lowest BCUT2D eigenvalue weighted by Gasteiger charge is -2.26. The predicted molar refractivity (Wildman–Crippen MR) is 116 cm³/mol. The third kappa shape index (κ3) is 7.79. The van der Waals surface area contributed by atoms with E-state index in [9.17, 15) is 0 Å². The normalized spacial score (nSPS) is 15.6. The minimum atomic E-state index is 0. The SMILES string of the molecule is Cc1cc(N(C)C)ccc1CN=C(N)NCCCN1CCOCC1.I. The van der Waals surface area contributed by atoms with Crippen molar-refractivity contribution in [2.75, 3.05) is 58.4 Å². The molecule has 0 saturated carbocycles. The van der Waals surface area contributed by atoms with E-state index in [1.807, 2.05) is 14.1 Å². The van der Waals surface area contributed by atoms with Crippen LogP contribution < -0.4 is 16.0 Å². The monoisotopic (exact) mass is 461 g/mol. The number of nitrogens with one attached hydrogen (secondary N) is 1. The summed E-state index contributed by atoms with van der Waals surface area (Å²) < 4.78 is 5.35. The second-order valence-electron chi connectivity index (χ2n) is 6.44. The molecule has 1 heterocycles. The van der Waals surface area contributed by atoms with E-state index in [4.69, 9.17) is 10.5 Å². The zero-order chi connectivity index (χ0) is 17.4. The van der Waals surface area contributed by atoms with Crippen molar-refractivity contribution in [3.05, 3.63) is 29.3 Å². The molecule has 25 heavy (non-hydrogen) atoms. The first-order valence-electron chi connectivity index (χ1n) is 8.67. The summed E-state index contributed by atoms with van der Waals surface area (Å²) in [4.78, 5) is 8.98. The molecule has 0 atom stereocenters. The lowest BCUT2D eigenvalue weighted by Crippen LogP contribution is -2.39. The van der Waals surface area contributed by atoms with Gasteiger partial charge in [0.25, 0.3) is 0 Å². The summed E-state index contributed by atoms with van der Waals surface area (Å²) in [5.74, 6) is 0.521. The second-order valence-corrected chi connectivity index (χ2v) is 6.44. The van der Waals surface area contributed by atoms with Crippen molar-refractivity contribution in [2.24, 2.45) is 10.7 Å². The van der Waals surface area contributed by atoms with Gasteiger partial charge in [-0.05, 0) is 43.1 Å². The quantitative estimate of drug-likeness (QED) is 0.281. The van der Waals surface area contributed by atoms with Crippen LogP contribution in [0.2, 0.25) is 0 Å². The minimum Gasteiger partial charge on any atom is -0.379 e. The van der Waals surface area contributed by atoms with Crippen LogP contribution in [0.25, 0.3) is 0 Å². The highest BCUT2D eigenvalue weighted by Gasteiger charge is 2.09. The summed E-state index contributed by atoms with van der Waals surface area (Å²) in [6.07, 6.45) is 1.06. The van der Waals surface area contributed by atoms with Gasteiger partial charge in [-0.25, -0.2) is 4.99 Å². The maximum Gasteiger partial charge on any atom is 0.188 e. The Hall–Kier alpha value is -1.06. The van der Waals surface area contributed by atoms with Gasteiger partial charge in [0.2, 0.25) is 0 Å². The third-order valence-electron chi connectivity index (χ3n) is 4.32. The summed E-state index contributed by atoms with van der Waals surface area (Å²) >= 11 is 0. The molecule has 2 rings (SSSR count). The van der Waals surface area contributed by atoms with Crippen molar-refractivity contribution in [1.82, 2.24) is 10.2 Å². The van der Waals surface area contributed by atoms with Gasteiger partial charge in [-0.1, -0.05) is 6.07 Å². The number of aliphatic imine (C=N–C) groups is 1. The third-order valence-corrected chi connectivity index (χ3v) is 4.32. The molecule has 0 radical (unpaired) electrons. The van der Waals surface area contributed by atoms with E-state index in [1.54, 1.807) is 0 Å². The van der Waals surface area contributed by atoms with E-state index in [1.165, 1.54) is 16.8 Å².